The largest absolute Gasteiger partial charge is 0.505 e. The molecule has 0 bridgehead atoms. The fourth-order valence-electron chi connectivity index (χ4n) is 4.49. The summed E-state index contributed by atoms with van der Waals surface area (Å²) in [6, 6.07) is 15.9. The van der Waals surface area contributed by atoms with Crippen LogP contribution in [0.15, 0.2) is 65.6 Å². The van der Waals surface area contributed by atoms with Gasteiger partial charge in [0.15, 0.2) is 11.4 Å². The Kier molecular flexibility index (Phi) is 4.81. The number of hydrogen-bond acceptors (Lipinski definition) is 3. The van der Waals surface area contributed by atoms with Crippen molar-refractivity contribution in [2.24, 2.45) is 7.05 Å². The summed E-state index contributed by atoms with van der Waals surface area (Å²) in [5.74, 6) is -0.954. The van der Waals surface area contributed by atoms with Gasteiger partial charge in [0.05, 0.1) is 5.52 Å². The molecule has 0 saturated carbocycles. The molecule has 1 aliphatic heterocycles. The molecule has 2 aromatic carbocycles. The minimum absolute atomic E-state index is 0.131. The van der Waals surface area contributed by atoms with Gasteiger partial charge in [-0.3, -0.25) is 9.59 Å². The summed E-state index contributed by atoms with van der Waals surface area (Å²) < 4.78 is 16.4. The Morgan fingerprint density at radius 2 is 1.69 bits per heavy atom. The fourth-order valence-corrected chi connectivity index (χ4v) is 4.49. The number of halogens is 1. The molecule has 6 nitrogen and oxygen atoms in total. The summed E-state index contributed by atoms with van der Waals surface area (Å²) in [7, 11) is 1.65. The Morgan fingerprint density at radius 1 is 0.969 bits per heavy atom. The van der Waals surface area contributed by atoms with Crippen LogP contribution in [0, 0.1) is 5.82 Å². The number of hydrogen-bond donors (Lipinski definition) is 1. The van der Waals surface area contributed by atoms with Crippen LogP contribution in [0.4, 0.5) is 4.39 Å². The average molecular weight is 431 g/mol. The molecule has 0 atom stereocenters. The lowest BCUT2D eigenvalue weighted by molar-refractivity contribution is 0.0689. The van der Waals surface area contributed by atoms with Gasteiger partial charge >= 0.3 is 0 Å². The normalized spacial score (nSPS) is 13.6. The Hall–Kier alpha value is -3.87. The predicted octanol–water partition coefficient (Wildman–Crippen LogP) is 3.43. The zero-order chi connectivity index (χ0) is 22.4. The average Bonchev–Trinajstić information content (AvgIpc) is 3.09. The van der Waals surface area contributed by atoms with Crippen molar-refractivity contribution in [3.63, 3.8) is 0 Å². The van der Waals surface area contributed by atoms with E-state index in [4.69, 9.17) is 0 Å². The number of aromatic hydroxyl groups is 1. The van der Waals surface area contributed by atoms with E-state index in [2.05, 4.69) is 0 Å². The monoisotopic (exact) mass is 431 g/mol. The lowest BCUT2D eigenvalue weighted by Crippen LogP contribution is -2.39. The molecule has 162 valence electrons. The summed E-state index contributed by atoms with van der Waals surface area (Å²) in [6.07, 6.45) is 2.35. The van der Waals surface area contributed by atoms with Gasteiger partial charge in [-0.1, -0.05) is 42.5 Å². The fraction of sp³-hybridized carbons (Fsp3) is 0.200. The number of aryl methyl sites for hydroxylation is 1. The highest BCUT2D eigenvalue weighted by atomic mass is 19.1. The highest BCUT2D eigenvalue weighted by Gasteiger charge is 2.33. The molecule has 0 fully saturated rings. The summed E-state index contributed by atoms with van der Waals surface area (Å²) >= 11 is 0. The van der Waals surface area contributed by atoms with Crippen LogP contribution >= 0.6 is 0 Å². The van der Waals surface area contributed by atoms with Crippen LogP contribution in [0.5, 0.6) is 5.75 Å². The molecule has 1 aliphatic rings. The number of benzene rings is 2. The van der Waals surface area contributed by atoms with Crippen molar-refractivity contribution >= 4 is 16.8 Å². The van der Waals surface area contributed by atoms with Crippen LogP contribution in [0.3, 0.4) is 0 Å². The van der Waals surface area contributed by atoms with E-state index in [1.54, 1.807) is 34.8 Å². The van der Waals surface area contributed by atoms with Crippen LogP contribution in [-0.4, -0.2) is 31.6 Å². The molecule has 1 N–H and O–H groups in total. The molecule has 7 heteroatoms. The first-order valence-electron chi connectivity index (χ1n) is 10.5. The van der Waals surface area contributed by atoms with Crippen LogP contribution in [-0.2, 0) is 26.6 Å². The Bertz CT molecular complexity index is 1390. The molecule has 0 unspecified atom stereocenters. The van der Waals surface area contributed by atoms with Crippen molar-refractivity contribution < 1.29 is 14.3 Å². The van der Waals surface area contributed by atoms with Crippen molar-refractivity contribution in [2.75, 3.05) is 6.54 Å². The van der Waals surface area contributed by atoms with E-state index >= 15 is 0 Å². The second-order valence-electron chi connectivity index (χ2n) is 8.16. The van der Waals surface area contributed by atoms with E-state index in [0.29, 0.717) is 31.6 Å². The molecule has 3 heterocycles. The van der Waals surface area contributed by atoms with Gasteiger partial charge in [0, 0.05) is 39.3 Å². The molecule has 5 rings (SSSR count). The minimum atomic E-state index is -0.345. The van der Waals surface area contributed by atoms with Crippen molar-refractivity contribution in [1.29, 1.82) is 0 Å². The number of rotatable bonds is 4. The molecule has 0 spiro atoms. The third-order valence-corrected chi connectivity index (χ3v) is 6.03. The topological polar surface area (TPSA) is 67.5 Å². The van der Waals surface area contributed by atoms with E-state index in [9.17, 15) is 19.1 Å². The summed E-state index contributed by atoms with van der Waals surface area (Å²) in [5, 5.41) is 11.2. The molecule has 2 aromatic heterocycles. The van der Waals surface area contributed by atoms with E-state index in [-0.39, 0.29) is 34.1 Å². The predicted molar refractivity (Wildman–Crippen MR) is 119 cm³/mol. The molecular formula is C25H22FN3O3. The van der Waals surface area contributed by atoms with Gasteiger partial charge < -0.3 is 19.1 Å². The number of fused-ring (bicyclic) bond motifs is 3. The van der Waals surface area contributed by atoms with Crippen molar-refractivity contribution in [1.82, 2.24) is 14.0 Å². The molecule has 4 aromatic rings. The first kappa shape index (κ1) is 20.1. The van der Waals surface area contributed by atoms with Gasteiger partial charge in [0.2, 0.25) is 0 Å². The first-order chi connectivity index (χ1) is 15.4. The van der Waals surface area contributed by atoms with Gasteiger partial charge in [0.25, 0.3) is 11.5 Å². The maximum atomic E-state index is 13.3. The summed E-state index contributed by atoms with van der Waals surface area (Å²) in [6.45, 7) is 1.18. The van der Waals surface area contributed by atoms with Crippen molar-refractivity contribution in [2.45, 2.75) is 19.5 Å². The molecule has 32 heavy (non-hydrogen) atoms. The molecule has 0 saturated heterocycles. The second-order valence-corrected chi connectivity index (χ2v) is 8.16. The standard InChI is InChI=1S/C25H22FN3O3/c1-27-15-18(13-16-5-3-2-4-6-16)21-20(24(27)31)23(30)22-25(32)28(11-12-29(21)22)14-17-7-9-19(26)10-8-17/h2-10,15,30H,11-14H2,1H3. The second kappa shape index (κ2) is 7.67. The van der Waals surface area contributed by atoms with Gasteiger partial charge in [-0.15, -0.1) is 0 Å². The lowest BCUT2D eigenvalue weighted by Gasteiger charge is -2.29. The van der Waals surface area contributed by atoms with Crippen LogP contribution in [0.25, 0.3) is 10.9 Å². The van der Waals surface area contributed by atoms with Crippen LogP contribution in [0.2, 0.25) is 0 Å². The third kappa shape index (κ3) is 3.26. The molecular weight excluding hydrogens is 409 g/mol. The van der Waals surface area contributed by atoms with E-state index in [1.165, 1.54) is 16.7 Å². The molecule has 1 amide bonds. The molecule has 0 aliphatic carbocycles. The lowest BCUT2D eigenvalue weighted by atomic mass is 10.0. The Labute approximate surface area is 183 Å². The highest BCUT2D eigenvalue weighted by Crippen LogP contribution is 2.35. The van der Waals surface area contributed by atoms with E-state index in [1.807, 2.05) is 30.3 Å². The maximum Gasteiger partial charge on any atom is 0.274 e. The van der Waals surface area contributed by atoms with E-state index < -0.39 is 0 Å². The van der Waals surface area contributed by atoms with Crippen LogP contribution in [0.1, 0.15) is 27.2 Å². The number of carbonyl (C=O) groups is 1. The van der Waals surface area contributed by atoms with Gasteiger partial charge in [-0.2, -0.15) is 0 Å². The summed E-state index contributed by atoms with van der Waals surface area (Å²) in [4.78, 5) is 27.8. The maximum absolute atomic E-state index is 13.3. The molecule has 0 radical (unpaired) electrons. The number of pyridine rings is 1. The van der Waals surface area contributed by atoms with Crippen molar-refractivity contribution in [3.05, 3.63) is 99.3 Å². The Morgan fingerprint density at radius 3 is 2.41 bits per heavy atom. The first-order valence-corrected chi connectivity index (χ1v) is 10.5. The zero-order valence-corrected chi connectivity index (χ0v) is 17.6. The quantitative estimate of drug-likeness (QED) is 0.538. The zero-order valence-electron chi connectivity index (χ0n) is 17.6. The minimum Gasteiger partial charge on any atom is -0.505 e. The number of nitrogens with zero attached hydrogens (tertiary/aromatic N) is 3. The number of carbonyl (C=O) groups excluding carboxylic acids is 1. The summed E-state index contributed by atoms with van der Waals surface area (Å²) in [5.41, 5.74) is 3.14. The van der Waals surface area contributed by atoms with Gasteiger partial charge in [-0.25, -0.2) is 4.39 Å². The Balaban J connectivity index is 1.61. The SMILES string of the molecule is Cn1cc(Cc2ccccc2)c2c(c(O)c3n2CCN(Cc2ccc(F)cc2)C3=O)c1=O. The van der Waals surface area contributed by atoms with E-state index in [0.717, 1.165) is 16.7 Å². The smallest absolute Gasteiger partial charge is 0.274 e. The number of amides is 1. The van der Waals surface area contributed by atoms with Gasteiger partial charge in [-0.05, 0) is 28.8 Å². The van der Waals surface area contributed by atoms with Crippen LogP contribution < -0.4 is 5.56 Å². The highest BCUT2D eigenvalue weighted by molar-refractivity contribution is 6.05. The third-order valence-electron chi connectivity index (χ3n) is 6.03. The van der Waals surface area contributed by atoms with Crippen molar-refractivity contribution in [3.8, 4) is 5.75 Å². The van der Waals surface area contributed by atoms with Gasteiger partial charge in [0.1, 0.15) is 11.2 Å². The number of aromatic nitrogens is 2.